The molecular formula is C28H47N3O5. The predicted molar refractivity (Wildman–Crippen MR) is 143 cm³/mol. The minimum Gasteiger partial charge on any atom is -0.508 e. The summed E-state index contributed by atoms with van der Waals surface area (Å²) in [7, 11) is 0. The monoisotopic (exact) mass is 505 g/mol. The molecule has 0 bridgehead atoms. The Balaban J connectivity index is 3.48. The van der Waals surface area contributed by atoms with E-state index in [0.29, 0.717) is 30.5 Å². The predicted octanol–water partition coefficient (Wildman–Crippen LogP) is 5.22. The SMILES string of the molecule is CCCC(C)NC(=O)C(c1ccc(O)c(C)c1)N(CCC)C(=O)C(CC(C)C)NC(=O)OC(C)(C)C. The molecule has 0 radical (unpaired) electrons. The molecule has 3 amide bonds. The van der Waals surface area contributed by atoms with Crippen LogP contribution < -0.4 is 10.6 Å². The van der Waals surface area contributed by atoms with E-state index in [9.17, 15) is 19.5 Å². The number of phenolic OH excluding ortho intramolecular Hbond substituents is 1. The topological polar surface area (TPSA) is 108 Å². The average molecular weight is 506 g/mol. The van der Waals surface area contributed by atoms with E-state index >= 15 is 0 Å². The summed E-state index contributed by atoms with van der Waals surface area (Å²) in [6, 6.07) is 3.12. The largest absolute Gasteiger partial charge is 0.508 e. The highest BCUT2D eigenvalue weighted by Crippen LogP contribution is 2.28. The summed E-state index contributed by atoms with van der Waals surface area (Å²) in [5.74, 6) is -0.395. The number of nitrogens with one attached hydrogen (secondary N) is 2. The quantitative estimate of drug-likeness (QED) is 0.361. The van der Waals surface area contributed by atoms with Gasteiger partial charge < -0.3 is 25.4 Å². The molecule has 0 heterocycles. The van der Waals surface area contributed by atoms with Crippen LogP contribution in [0.4, 0.5) is 4.79 Å². The molecule has 0 saturated heterocycles. The number of amides is 3. The van der Waals surface area contributed by atoms with E-state index in [1.165, 1.54) is 0 Å². The number of hydrogen-bond acceptors (Lipinski definition) is 5. The van der Waals surface area contributed by atoms with Crippen molar-refractivity contribution in [2.24, 2.45) is 5.92 Å². The molecule has 1 aromatic carbocycles. The molecule has 0 fully saturated rings. The second kappa shape index (κ2) is 14.1. The lowest BCUT2D eigenvalue weighted by Gasteiger charge is -2.35. The standard InChI is InChI=1S/C28H47N3O5/c1-10-12-20(6)29-25(33)24(21-13-14-23(32)19(5)17-21)31(15-11-2)26(34)22(16-18(3)4)30-27(35)36-28(7,8)9/h13-14,17-18,20,22,24,32H,10-12,15-16H2,1-9H3,(H,29,33)(H,30,35). The first-order valence-corrected chi connectivity index (χ1v) is 13.1. The van der Waals surface area contributed by atoms with Crippen LogP contribution in [0.25, 0.3) is 0 Å². The van der Waals surface area contributed by atoms with Gasteiger partial charge in [0, 0.05) is 12.6 Å². The molecule has 204 valence electrons. The van der Waals surface area contributed by atoms with E-state index in [4.69, 9.17) is 4.74 Å². The summed E-state index contributed by atoms with van der Waals surface area (Å²) in [5, 5.41) is 15.9. The number of hydrogen-bond donors (Lipinski definition) is 3. The fourth-order valence-electron chi connectivity index (χ4n) is 4.10. The Kier molecular flexibility index (Phi) is 12.2. The molecule has 1 aromatic rings. The van der Waals surface area contributed by atoms with Gasteiger partial charge in [0.2, 0.25) is 11.8 Å². The van der Waals surface area contributed by atoms with E-state index in [2.05, 4.69) is 17.6 Å². The van der Waals surface area contributed by atoms with Crippen LogP contribution in [-0.2, 0) is 14.3 Å². The third kappa shape index (κ3) is 10.1. The zero-order valence-electron chi connectivity index (χ0n) is 23.6. The fraction of sp³-hybridized carbons (Fsp3) is 0.679. The van der Waals surface area contributed by atoms with Crippen LogP contribution in [0.15, 0.2) is 18.2 Å². The average Bonchev–Trinajstić information content (AvgIpc) is 2.73. The molecule has 0 aliphatic rings. The van der Waals surface area contributed by atoms with Crippen LogP contribution in [-0.4, -0.2) is 52.1 Å². The Bertz CT molecular complexity index is 878. The van der Waals surface area contributed by atoms with Crippen LogP contribution in [0.1, 0.15) is 98.2 Å². The highest BCUT2D eigenvalue weighted by molar-refractivity contribution is 5.92. The van der Waals surface area contributed by atoms with Crippen LogP contribution in [0.3, 0.4) is 0 Å². The van der Waals surface area contributed by atoms with Gasteiger partial charge in [0.25, 0.3) is 0 Å². The highest BCUT2D eigenvalue weighted by Gasteiger charge is 2.36. The number of phenols is 1. The molecule has 36 heavy (non-hydrogen) atoms. The number of benzene rings is 1. The zero-order chi connectivity index (χ0) is 27.6. The minimum absolute atomic E-state index is 0.0619. The first-order valence-electron chi connectivity index (χ1n) is 13.1. The van der Waals surface area contributed by atoms with Gasteiger partial charge in [0.05, 0.1) is 0 Å². The Morgan fingerprint density at radius 2 is 1.69 bits per heavy atom. The normalized spacial score (nSPS) is 14.1. The first-order chi connectivity index (χ1) is 16.7. The summed E-state index contributed by atoms with van der Waals surface area (Å²) in [6.45, 7) is 17.3. The molecule has 3 unspecified atom stereocenters. The Morgan fingerprint density at radius 1 is 1.06 bits per heavy atom. The molecule has 8 nitrogen and oxygen atoms in total. The lowest BCUT2D eigenvalue weighted by molar-refractivity contribution is -0.143. The smallest absolute Gasteiger partial charge is 0.408 e. The summed E-state index contributed by atoms with van der Waals surface area (Å²) in [5.41, 5.74) is 0.510. The van der Waals surface area contributed by atoms with Gasteiger partial charge in [-0.1, -0.05) is 40.2 Å². The molecule has 8 heteroatoms. The Labute approximate surface area is 217 Å². The number of aromatic hydroxyl groups is 1. The van der Waals surface area contributed by atoms with Gasteiger partial charge >= 0.3 is 6.09 Å². The van der Waals surface area contributed by atoms with Gasteiger partial charge in [0.15, 0.2) is 0 Å². The summed E-state index contributed by atoms with van der Waals surface area (Å²) in [6.07, 6.45) is 2.07. The lowest BCUT2D eigenvalue weighted by Crippen LogP contribution is -2.54. The minimum atomic E-state index is -0.911. The molecule has 0 aromatic heterocycles. The summed E-state index contributed by atoms with van der Waals surface area (Å²) in [4.78, 5) is 41.7. The van der Waals surface area contributed by atoms with Crippen molar-refractivity contribution in [3.05, 3.63) is 29.3 Å². The van der Waals surface area contributed by atoms with E-state index in [1.807, 2.05) is 27.7 Å². The third-order valence-electron chi connectivity index (χ3n) is 5.65. The number of rotatable bonds is 12. The summed E-state index contributed by atoms with van der Waals surface area (Å²) < 4.78 is 5.41. The lowest BCUT2D eigenvalue weighted by atomic mass is 9.97. The van der Waals surface area contributed by atoms with Crippen molar-refractivity contribution in [3.8, 4) is 5.75 Å². The van der Waals surface area contributed by atoms with Crippen LogP contribution in [0.2, 0.25) is 0 Å². The molecule has 0 saturated carbocycles. The number of nitrogens with zero attached hydrogens (tertiary/aromatic N) is 1. The van der Waals surface area contributed by atoms with Crippen LogP contribution >= 0.6 is 0 Å². The molecule has 3 N–H and O–H groups in total. The molecule has 1 rings (SSSR count). The van der Waals surface area contributed by atoms with E-state index in [0.717, 1.165) is 12.8 Å². The van der Waals surface area contributed by atoms with E-state index < -0.39 is 23.8 Å². The number of carbonyl (C=O) groups is 3. The maximum absolute atomic E-state index is 14.0. The van der Waals surface area contributed by atoms with Gasteiger partial charge in [-0.2, -0.15) is 0 Å². The van der Waals surface area contributed by atoms with Crippen molar-refractivity contribution in [1.82, 2.24) is 15.5 Å². The number of aryl methyl sites for hydroxylation is 1. The number of alkyl carbamates (subject to hydrolysis) is 1. The maximum atomic E-state index is 14.0. The second-order valence-electron chi connectivity index (χ2n) is 11.0. The number of carbonyl (C=O) groups excluding carboxylic acids is 3. The van der Waals surface area contributed by atoms with Crippen molar-refractivity contribution in [3.63, 3.8) is 0 Å². The van der Waals surface area contributed by atoms with Gasteiger partial charge in [-0.25, -0.2) is 4.79 Å². The van der Waals surface area contributed by atoms with Crippen molar-refractivity contribution < 1.29 is 24.2 Å². The number of ether oxygens (including phenoxy) is 1. The molecule has 0 aliphatic carbocycles. The van der Waals surface area contributed by atoms with Gasteiger partial charge in [-0.15, -0.1) is 0 Å². The van der Waals surface area contributed by atoms with Crippen molar-refractivity contribution in [2.75, 3.05) is 6.54 Å². The van der Waals surface area contributed by atoms with E-state index in [1.54, 1.807) is 50.8 Å². The molecule has 0 spiro atoms. The fourth-order valence-corrected chi connectivity index (χ4v) is 4.10. The van der Waals surface area contributed by atoms with Crippen LogP contribution in [0, 0.1) is 12.8 Å². The third-order valence-corrected chi connectivity index (χ3v) is 5.65. The van der Waals surface area contributed by atoms with E-state index in [-0.39, 0.29) is 29.5 Å². The highest BCUT2D eigenvalue weighted by atomic mass is 16.6. The van der Waals surface area contributed by atoms with Gasteiger partial charge in [-0.05, 0) is 83.1 Å². The second-order valence-corrected chi connectivity index (χ2v) is 11.0. The molecular weight excluding hydrogens is 458 g/mol. The van der Waals surface area contributed by atoms with Crippen molar-refractivity contribution in [1.29, 1.82) is 0 Å². The maximum Gasteiger partial charge on any atom is 0.408 e. The van der Waals surface area contributed by atoms with Gasteiger partial charge in [0.1, 0.15) is 23.4 Å². The Hall–Kier alpha value is -2.77. The van der Waals surface area contributed by atoms with Crippen molar-refractivity contribution >= 4 is 17.9 Å². The first kappa shape index (κ1) is 31.3. The van der Waals surface area contributed by atoms with Crippen LogP contribution in [0.5, 0.6) is 5.75 Å². The summed E-state index contributed by atoms with van der Waals surface area (Å²) >= 11 is 0. The Morgan fingerprint density at radius 3 is 2.19 bits per heavy atom. The van der Waals surface area contributed by atoms with Gasteiger partial charge in [-0.3, -0.25) is 9.59 Å². The van der Waals surface area contributed by atoms with Crippen molar-refractivity contribution in [2.45, 2.75) is 112 Å². The zero-order valence-corrected chi connectivity index (χ0v) is 23.6. The molecule has 3 atom stereocenters. The molecule has 0 aliphatic heterocycles.